The summed E-state index contributed by atoms with van der Waals surface area (Å²) in [5, 5.41) is 9.64. The smallest absolute Gasteiger partial charge is 0.227 e. The van der Waals surface area contributed by atoms with E-state index in [2.05, 4.69) is 158 Å². The topological polar surface area (TPSA) is 73.2 Å². The van der Waals surface area contributed by atoms with Crippen molar-refractivity contribution in [2.45, 2.75) is 18.2 Å². The molecule has 2 aliphatic heterocycles. The molecule has 0 aromatic heterocycles. The molecule has 250 valence electrons. The van der Waals surface area contributed by atoms with Crippen LogP contribution in [-0.4, -0.2) is 22.8 Å². The van der Waals surface area contributed by atoms with Crippen LogP contribution in [-0.2, 0) is 11.3 Å². The van der Waals surface area contributed by atoms with Crippen molar-refractivity contribution in [3.05, 3.63) is 215 Å². The first-order chi connectivity index (χ1) is 26.2. The predicted molar refractivity (Wildman–Crippen MR) is 216 cm³/mol. The van der Waals surface area contributed by atoms with Crippen molar-refractivity contribution in [1.29, 1.82) is 5.26 Å². The highest BCUT2D eigenvalue weighted by Crippen LogP contribution is 2.61. The van der Waals surface area contributed by atoms with Gasteiger partial charge in [0.2, 0.25) is 11.3 Å². The summed E-state index contributed by atoms with van der Waals surface area (Å²) in [5.41, 5.74) is 9.01. The molecule has 0 bridgehead atoms. The maximum atomic E-state index is 7.32. The number of rotatable bonds is 4. The van der Waals surface area contributed by atoms with Gasteiger partial charge in [-0.25, -0.2) is 20.0 Å². The Kier molecular flexibility index (Phi) is 7.79. The van der Waals surface area contributed by atoms with Crippen molar-refractivity contribution in [1.82, 2.24) is 0 Å². The van der Waals surface area contributed by atoms with Crippen LogP contribution in [0, 0.1) is 11.3 Å². The second kappa shape index (κ2) is 12.9. The third-order valence-electron chi connectivity index (χ3n) is 10.1. The number of hydrogen-bond acceptors (Lipinski definition) is 5. The van der Waals surface area contributed by atoms with Gasteiger partial charge in [-0.2, -0.15) is 5.26 Å². The second-order valence-corrected chi connectivity index (χ2v) is 13.1. The number of nitrogens with zero attached hydrogens (tertiary/aromatic N) is 5. The van der Waals surface area contributed by atoms with E-state index in [-0.39, 0.29) is 0 Å². The van der Waals surface area contributed by atoms with E-state index < -0.39 is 11.3 Å². The summed E-state index contributed by atoms with van der Waals surface area (Å²) in [4.78, 5) is 23.3. The molecule has 0 N–H and O–H groups in total. The Labute approximate surface area is 308 Å². The van der Waals surface area contributed by atoms with Gasteiger partial charge in [0.15, 0.2) is 0 Å². The average Bonchev–Trinajstić information content (AvgIpc) is 3.84. The summed E-state index contributed by atoms with van der Waals surface area (Å²) in [5.74, 6) is 0. The lowest BCUT2D eigenvalue weighted by atomic mass is 9.70. The van der Waals surface area contributed by atoms with E-state index in [1.165, 1.54) is 6.92 Å². The maximum absolute atomic E-state index is 7.32. The minimum Gasteiger partial charge on any atom is -0.243 e. The van der Waals surface area contributed by atoms with Gasteiger partial charge in [-0.15, -0.1) is 0 Å². The molecule has 10 rings (SSSR count). The Hall–Kier alpha value is -7.03. The Morgan fingerprint density at radius 1 is 0.396 bits per heavy atom. The van der Waals surface area contributed by atoms with Gasteiger partial charge in [0.25, 0.3) is 0 Å². The van der Waals surface area contributed by atoms with Gasteiger partial charge in [-0.05, 0) is 21.9 Å². The lowest BCUT2D eigenvalue weighted by Gasteiger charge is -2.44. The molecule has 0 amide bonds. The van der Waals surface area contributed by atoms with Crippen LogP contribution >= 0.6 is 0 Å². The van der Waals surface area contributed by atoms with Crippen molar-refractivity contribution in [3.8, 4) is 17.2 Å². The van der Waals surface area contributed by atoms with Gasteiger partial charge in [0.1, 0.15) is 0 Å². The van der Waals surface area contributed by atoms with Crippen LogP contribution in [0.1, 0.15) is 40.3 Å². The third-order valence-corrected chi connectivity index (χ3v) is 10.1. The first kappa shape index (κ1) is 31.9. The first-order valence-electron chi connectivity index (χ1n) is 17.7. The second-order valence-electron chi connectivity index (χ2n) is 13.1. The fraction of sp³-hybridized carbons (Fsp3) is 0.0625. The van der Waals surface area contributed by atoms with Crippen LogP contribution in [0.25, 0.3) is 21.9 Å². The monoisotopic (exact) mass is 679 g/mol. The summed E-state index contributed by atoms with van der Waals surface area (Å²) in [7, 11) is 0. The minimum absolute atomic E-state index is 0.828. The van der Waals surface area contributed by atoms with Gasteiger partial charge in [-0.3, -0.25) is 0 Å². The Balaban J connectivity index is 0.00000120. The molecule has 0 unspecified atom stereocenters. The molecule has 7 aromatic rings. The van der Waals surface area contributed by atoms with Crippen LogP contribution in [0.5, 0.6) is 0 Å². The Morgan fingerprint density at radius 3 is 1.21 bits per heavy atom. The molecule has 2 spiro atoms. The molecular weight excluding hydrogens is 647 g/mol. The summed E-state index contributed by atoms with van der Waals surface area (Å²) in [6.45, 7) is 1.43. The van der Waals surface area contributed by atoms with Crippen molar-refractivity contribution in [3.63, 3.8) is 0 Å². The van der Waals surface area contributed by atoms with Crippen molar-refractivity contribution in [2.24, 2.45) is 20.0 Å². The molecule has 0 fully saturated rings. The third kappa shape index (κ3) is 4.99. The molecule has 0 radical (unpaired) electrons. The predicted octanol–water partition coefficient (Wildman–Crippen LogP) is 10.3. The summed E-state index contributed by atoms with van der Waals surface area (Å²) in [6, 6.07) is 64.9. The van der Waals surface area contributed by atoms with E-state index in [0.717, 1.165) is 78.1 Å². The minimum atomic E-state index is -1.26. The molecule has 2 heterocycles. The quantitative estimate of drug-likeness (QED) is 0.182. The SMILES string of the molecule is CC#N.c1ccc(C2=NC3(N=C2c2ccccc2)c2ccccc2-c2c(ccc4ccccc24)C32N=C(c3ccccc3)C(c3ccccc3)=N2)cc1. The Bertz CT molecular complexity index is 2560. The zero-order valence-electron chi connectivity index (χ0n) is 29.1. The molecular formula is C48H33N5. The largest absolute Gasteiger partial charge is 0.243 e. The van der Waals surface area contributed by atoms with Crippen LogP contribution < -0.4 is 0 Å². The van der Waals surface area contributed by atoms with Gasteiger partial charge in [0, 0.05) is 40.3 Å². The molecule has 0 atom stereocenters. The molecule has 3 aliphatic rings. The van der Waals surface area contributed by atoms with Crippen molar-refractivity contribution < 1.29 is 0 Å². The number of hydrogen-bond donors (Lipinski definition) is 0. The van der Waals surface area contributed by atoms with Gasteiger partial charge < -0.3 is 0 Å². The highest BCUT2D eigenvalue weighted by atomic mass is 15.3. The normalized spacial score (nSPS) is 15.6. The standard InChI is InChI=1S/C46H30N4.C2H3N/c1-5-18-32(19-6-1)41-42(33-20-7-2-8-21-33)48-45(47-41)38-28-16-15-27-37(38)40-36-26-14-13-17-31(36)29-30-39(40)46(45)49-43(34-22-9-3-10-23-34)44(50-46)35-24-11-4-12-25-35;1-2-3/h1-30H;1H3. The van der Waals surface area contributed by atoms with Gasteiger partial charge in [0.05, 0.1) is 28.9 Å². The van der Waals surface area contributed by atoms with E-state index >= 15 is 0 Å². The zero-order chi connectivity index (χ0) is 35.8. The summed E-state index contributed by atoms with van der Waals surface area (Å²) < 4.78 is 0. The molecule has 5 nitrogen and oxygen atoms in total. The zero-order valence-corrected chi connectivity index (χ0v) is 29.1. The number of aliphatic imine (C=N–C) groups is 4. The molecule has 0 saturated heterocycles. The molecule has 7 aromatic carbocycles. The van der Waals surface area contributed by atoms with E-state index in [4.69, 9.17) is 25.2 Å². The number of fused-ring (bicyclic) bond motifs is 8. The van der Waals surface area contributed by atoms with Crippen LogP contribution in [0.3, 0.4) is 0 Å². The van der Waals surface area contributed by atoms with Crippen LogP contribution in [0.2, 0.25) is 0 Å². The van der Waals surface area contributed by atoms with Crippen LogP contribution in [0.4, 0.5) is 0 Å². The summed E-state index contributed by atoms with van der Waals surface area (Å²) in [6.07, 6.45) is 0. The van der Waals surface area contributed by atoms with Crippen LogP contribution in [0.15, 0.2) is 202 Å². The maximum Gasteiger partial charge on any atom is 0.227 e. The van der Waals surface area contributed by atoms with Gasteiger partial charge >= 0.3 is 0 Å². The molecule has 1 aliphatic carbocycles. The van der Waals surface area contributed by atoms with E-state index in [1.807, 2.05) is 24.3 Å². The number of benzene rings is 7. The summed E-state index contributed by atoms with van der Waals surface area (Å²) >= 11 is 0. The highest BCUT2D eigenvalue weighted by Gasteiger charge is 2.64. The highest BCUT2D eigenvalue weighted by molar-refractivity contribution is 6.56. The van der Waals surface area contributed by atoms with Crippen molar-refractivity contribution in [2.75, 3.05) is 0 Å². The lowest BCUT2D eigenvalue weighted by molar-refractivity contribution is 0.254. The van der Waals surface area contributed by atoms with Crippen molar-refractivity contribution >= 4 is 33.6 Å². The van der Waals surface area contributed by atoms with Gasteiger partial charge in [-0.1, -0.05) is 182 Å². The van der Waals surface area contributed by atoms with E-state index in [9.17, 15) is 0 Å². The molecule has 0 saturated carbocycles. The Morgan fingerprint density at radius 2 is 0.755 bits per heavy atom. The molecule has 53 heavy (non-hydrogen) atoms. The number of nitriles is 1. The first-order valence-corrected chi connectivity index (χ1v) is 17.7. The molecule has 5 heteroatoms. The van der Waals surface area contributed by atoms with E-state index in [0.29, 0.717) is 0 Å². The van der Waals surface area contributed by atoms with E-state index in [1.54, 1.807) is 6.07 Å². The average molecular weight is 680 g/mol. The lowest BCUT2D eigenvalue weighted by Crippen LogP contribution is -2.46. The fourth-order valence-electron chi connectivity index (χ4n) is 7.88. The fourth-order valence-corrected chi connectivity index (χ4v) is 7.88.